The lowest BCUT2D eigenvalue weighted by molar-refractivity contribution is -0.165. The summed E-state index contributed by atoms with van der Waals surface area (Å²) in [6.07, 6.45) is -12.7. The maximum Gasteiger partial charge on any atom is 0.329 e. The molecule has 40 heteroatoms. The number of aliphatic hydroxyl groups excluding tert-OH is 4. The fourth-order valence-electron chi connectivity index (χ4n) is 13.1. The minimum atomic E-state index is -2.67. The van der Waals surface area contributed by atoms with Crippen molar-refractivity contribution >= 4 is 94.7 Å². The number of guanidine groups is 2. The van der Waals surface area contributed by atoms with E-state index in [0.717, 1.165) is 30.1 Å². The number of phenolic OH excluding ortho intramolecular Hbond substituents is 1. The number of phenols is 1. The van der Waals surface area contributed by atoms with E-state index in [1.165, 1.54) is 59.2 Å². The Bertz CT molecular complexity index is 3450. The molecule has 0 spiro atoms. The summed E-state index contributed by atoms with van der Waals surface area (Å²) in [6, 6.07) is -13.0. The van der Waals surface area contributed by atoms with Crippen LogP contribution in [0.2, 0.25) is 0 Å². The quantitative estimate of drug-likeness (QED) is 0.0128. The molecule has 27 N–H and O–H groups in total. The summed E-state index contributed by atoms with van der Waals surface area (Å²) in [4.78, 5) is 211. The number of amides is 13. The number of primary amides is 3. The molecule has 0 radical (unpaired) electrons. The molecule has 1 aromatic carbocycles. The number of hydrogen-bond donors (Lipinski definition) is 20. The van der Waals surface area contributed by atoms with Gasteiger partial charge in [-0.25, -0.2) is 4.79 Å². The number of ether oxygens (including phenoxy) is 2. The number of nitrogens with two attached hydrogens (primary N) is 7. The molecular formula is C72H121N19O21. The highest BCUT2D eigenvalue weighted by molar-refractivity contribution is 6.00. The van der Waals surface area contributed by atoms with Gasteiger partial charge in [-0.3, -0.25) is 72.3 Å². The van der Waals surface area contributed by atoms with E-state index in [-0.39, 0.29) is 106 Å². The van der Waals surface area contributed by atoms with Crippen molar-refractivity contribution < 1.29 is 102 Å². The van der Waals surface area contributed by atoms with Gasteiger partial charge in [0.1, 0.15) is 78.4 Å². The molecule has 3 rings (SSSR count). The summed E-state index contributed by atoms with van der Waals surface area (Å²) in [5.74, 6) is -21.7. The maximum atomic E-state index is 15.6. The number of rotatable bonds is 37. The van der Waals surface area contributed by atoms with Crippen molar-refractivity contribution in [2.24, 2.45) is 85.6 Å². The van der Waals surface area contributed by atoms with Crippen LogP contribution in [0.3, 0.4) is 0 Å². The Kier molecular flexibility index (Phi) is 39.5. The van der Waals surface area contributed by atoms with Crippen LogP contribution in [0.25, 0.3) is 0 Å². The van der Waals surface area contributed by atoms with E-state index < -0.39 is 223 Å². The number of fused-ring (bicyclic) bond motifs is 1. The van der Waals surface area contributed by atoms with E-state index in [1.54, 1.807) is 20.8 Å². The average molecular weight is 1590 g/mol. The molecule has 0 bridgehead atoms. The minimum Gasteiger partial charge on any atom is -0.508 e. The van der Waals surface area contributed by atoms with E-state index in [4.69, 9.17) is 49.6 Å². The third kappa shape index (κ3) is 29.6. The van der Waals surface area contributed by atoms with Gasteiger partial charge in [0.05, 0.1) is 30.6 Å². The second-order valence-electron chi connectivity index (χ2n) is 29.6. The first-order valence-corrected chi connectivity index (χ1v) is 37.6. The standard InChI is InChI=1S/C72H121N19O21/c1-13-34(4)31-35(5)55(96)38(8)60(100)84-45(32-50(74)95)62(102)82-43(18-16-27-80-71(76)77)56(97)57(98)67(107)86-51(36(6)37(7)59(75)99)64(104)88-53-40(10)112-70(110)48-20-14-15-29-91(48)69(109)54(58(111-12)41-21-23-42(93)24-22-41)89-63(103)47(25-26-49(73)94)90(11)68(108)46(30-33(2)3)85-61(101)44(19-17-28-81-72(78)79)83-65(105)52(39(9)92)87-66(53)106/h21-24,33-40,43-48,51-58,92-93,96-98H,13-20,25-32H2,1-12H3,(H2,73,94)(H2,74,95)(H2,75,99)(H,82,102)(H,83,105)(H,84,100)(H,85,101)(H,86,107)(H,87,106)(H,88,104)(H,89,103)(H4,76,77,80)(H4,78,79,81)/t34?,35-,36?,37?,38-,39-,40-,43+,44-,45+,46+,47+,48+,51?,52-,53?,54-,55-,56-,57-,58-/m1/s1. The number of cyclic esters (lactones) is 1. The first-order chi connectivity index (χ1) is 52.4. The average Bonchev–Trinajstić information content (AvgIpc) is 0.789. The number of nitrogens with one attached hydrogen (secondary N) is 8. The van der Waals surface area contributed by atoms with E-state index in [9.17, 15) is 68.7 Å². The number of aliphatic hydroxyl groups is 4. The molecule has 2 fully saturated rings. The number of hydrogen-bond acceptors (Lipinski definition) is 23. The lowest BCUT2D eigenvalue weighted by atomic mass is 9.85. The Morgan fingerprint density at radius 3 is 1.82 bits per heavy atom. The van der Waals surface area contributed by atoms with Gasteiger partial charge < -0.3 is 127 Å². The Labute approximate surface area is 651 Å². The molecule has 21 atom stereocenters. The Morgan fingerprint density at radius 2 is 1.27 bits per heavy atom. The lowest BCUT2D eigenvalue weighted by Gasteiger charge is -2.39. The summed E-state index contributed by atoms with van der Waals surface area (Å²) < 4.78 is 11.9. The van der Waals surface area contributed by atoms with Gasteiger partial charge in [0.25, 0.3) is 5.91 Å². The highest BCUT2D eigenvalue weighted by atomic mass is 16.5. The predicted molar refractivity (Wildman–Crippen MR) is 406 cm³/mol. The summed E-state index contributed by atoms with van der Waals surface area (Å²) in [5, 5.41) is 76.3. The molecule has 5 unspecified atom stereocenters. The number of likely N-dealkylation sites (N-methyl/N-ethyl adjacent to an activating group) is 1. The highest BCUT2D eigenvalue weighted by Crippen LogP contribution is 2.30. The SMILES string of the molecule is CCC(C)C[C@@H](C)[C@@H](O)[C@@H](C)C(=O)N[C@@H](CC(N)=O)C(=O)N[C@@H](CCCN=C(N)N)[C@@H](O)[C@@H](O)C(=O)NC(C(=O)NC1C(=O)N[C@H]([C@@H](C)O)C(=O)N[C@H](CCCN=C(N)N)C(=O)N[C@@H](CC(C)C)C(=O)N(C)[C@@H](CCC(N)=O)C(=O)N[C@H]([C@H](OC)c2ccc(O)cc2)C(=O)N2CCCC[C@H]2C(=O)O[C@@H]1C)C(C)C(C)C(N)=O. The van der Waals surface area contributed by atoms with Crippen molar-refractivity contribution in [2.75, 3.05) is 33.8 Å². The van der Waals surface area contributed by atoms with Crippen molar-refractivity contribution in [3.63, 3.8) is 0 Å². The Hall–Kier alpha value is -10.1. The van der Waals surface area contributed by atoms with Crippen LogP contribution in [0, 0.1) is 35.5 Å². The smallest absolute Gasteiger partial charge is 0.329 e. The molecule has 2 saturated heterocycles. The number of aliphatic imine (C=N–C) groups is 2. The summed E-state index contributed by atoms with van der Waals surface area (Å²) in [6.45, 7) is 14.6. The van der Waals surface area contributed by atoms with Crippen LogP contribution in [-0.4, -0.2) is 255 Å². The van der Waals surface area contributed by atoms with E-state index in [2.05, 4.69) is 52.5 Å². The number of carbonyl (C=O) groups excluding carboxylic acids is 14. The third-order valence-electron chi connectivity index (χ3n) is 20.2. The maximum absolute atomic E-state index is 15.6. The summed E-state index contributed by atoms with van der Waals surface area (Å²) >= 11 is 0. The molecule has 2 aliphatic heterocycles. The van der Waals surface area contributed by atoms with Gasteiger partial charge in [-0.1, -0.05) is 73.9 Å². The molecule has 1 aromatic rings. The van der Waals surface area contributed by atoms with E-state index >= 15 is 24.0 Å². The topological polar surface area (TPSA) is 668 Å². The van der Waals surface area contributed by atoms with Crippen LogP contribution < -0.4 is 82.7 Å². The van der Waals surface area contributed by atoms with Crippen molar-refractivity contribution in [1.82, 2.24) is 52.3 Å². The number of aromatic hydroxyl groups is 1. The molecule has 13 amide bonds. The molecule has 40 nitrogen and oxygen atoms in total. The molecule has 2 heterocycles. The van der Waals surface area contributed by atoms with Crippen molar-refractivity contribution in [2.45, 2.75) is 250 Å². The second kappa shape index (κ2) is 46.1. The predicted octanol–water partition coefficient (Wildman–Crippen LogP) is -5.66. The van der Waals surface area contributed by atoms with Crippen molar-refractivity contribution in [3.05, 3.63) is 29.8 Å². The number of benzene rings is 1. The van der Waals surface area contributed by atoms with Gasteiger partial charge in [-0.05, 0) is 119 Å². The van der Waals surface area contributed by atoms with Crippen LogP contribution in [0.15, 0.2) is 34.3 Å². The van der Waals surface area contributed by atoms with Crippen molar-refractivity contribution in [3.8, 4) is 5.75 Å². The minimum absolute atomic E-state index is 0.0506. The molecule has 0 aliphatic carbocycles. The first kappa shape index (κ1) is 96.1. The van der Waals surface area contributed by atoms with Crippen LogP contribution in [0.4, 0.5) is 0 Å². The molecule has 2 aliphatic rings. The van der Waals surface area contributed by atoms with Crippen LogP contribution in [-0.2, 0) is 76.6 Å². The van der Waals surface area contributed by atoms with E-state index in [1.807, 2.05) is 13.8 Å². The fourth-order valence-corrected chi connectivity index (χ4v) is 13.1. The second-order valence-corrected chi connectivity index (χ2v) is 29.6. The van der Waals surface area contributed by atoms with Crippen LogP contribution in [0.1, 0.15) is 164 Å². The molecule has 0 saturated carbocycles. The van der Waals surface area contributed by atoms with Crippen LogP contribution in [0.5, 0.6) is 5.75 Å². The number of nitrogens with zero attached hydrogens (tertiary/aromatic N) is 4. The molecule has 112 heavy (non-hydrogen) atoms. The molecular weight excluding hydrogens is 1470 g/mol. The van der Waals surface area contributed by atoms with Crippen LogP contribution >= 0.6 is 0 Å². The van der Waals surface area contributed by atoms with Gasteiger partial charge in [0.2, 0.25) is 70.9 Å². The zero-order valence-electron chi connectivity index (χ0n) is 65.9. The fraction of sp³-hybridized carbons (Fsp3) is 0.694. The van der Waals surface area contributed by atoms with Gasteiger partial charge in [-0.2, -0.15) is 0 Å². The number of carbonyl (C=O) groups is 14. The summed E-state index contributed by atoms with van der Waals surface area (Å²) in [7, 11) is 2.40. The first-order valence-electron chi connectivity index (χ1n) is 37.6. The number of methoxy groups -OCH3 is 1. The third-order valence-corrected chi connectivity index (χ3v) is 20.2. The molecule has 630 valence electrons. The lowest BCUT2D eigenvalue weighted by Crippen LogP contribution is -2.65. The summed E-state index contributed by atoms with van der Waals surface area (Å²) in [5.41, 5.74) is 39.3. The van der Waals surface area contributed by atoms with Gasteiger partial charge in [-0.15, -0.1) is 0 Å². The number of esters is 1. The number of piperidine rings is 1. The van der Waals surface area contributed by atoms with E-state index in [0.29, 0.717) is 6.42 Å². The molecule has 0 aromatic heterocycles. The van der Waals surface area contributed by atoms with Crippen molar-refractivity contribution in [1.29, 1.82) is 0 Å². The Balaban J connectivity index is 2.37. The van der Waals surface area contributed by atoms with Gasteiger partial charge >= 0.3 is 5.97 Å². The van der Waals surface area contributed by atoms with Gasteiger partial charge in [0, 0.05) is 46.1 Å². The monoisotopic (exact) mass is 1590 g/mol. The largest absolute Gasteiger partial charge is 0.508 e. The zero-order chi connectivity index (χ0) is 84.9. The zero-order valence-corrected chi connectivity index (χ0v) is 65.9. The highest BCUT2D eigenvalue weighted by Gasteiger charge is 2.47. The normalized spacial score (nSPS) is 23.4. The Morgan fingerprint density at radius 1 is 0.670 bits per heavy atom. The van der Waals surface area contributed by atoms with Gasteiger partial charge in [0.15, 0.2) is 18.0 Å².